The molecule has 3 aromatic rings. The van der Waals surface area contributed by atoms with Crippen LogP contribution in [0, 0.1) is 17.0 Å². The number of aromatic nitrogens is 2. The van der Waals surface area contributed by atoms with Crippen LogP contribution in [0.3, 0.4) is 0 Å². The highest BCUT2D eigenvalue weighted by Gasteiger charge is 2.13. The fraction of sp³-hybridized carbons (Fsp3) is 0.150. The normalized spacial score (nSPS) is 10.6. The maximum atomic E-state index is 12.3. The zero-order valence-electron chi connectivity index (χ0n) is 15.9. The molecule has 1 aromatic heterocycles. The predicted molar refractivity (Wildman–Crippen MR) is 111 cm³/mol. The Morgan fingerprint density at radius 2 is 1.90 bits per heavy atom. The number of carboxylic acid groups (broad SMARTS) is 1. The first-order chi connectivity index (χ1) is 14.3. The van der Waals surface area contributed by atoms with Crippen LogP contribution >= 0.6 is 11.8 Å². The summed E-state index contributed by atoms with van der Waals surface area (Å²) in [5, 5.41) is 26.7. The summed E-state index contributed by atoms with van der Waals surface area (Å²) >= 11 is 1.36. The zero-order chi connectivity index (χ0) is 21.7. The number of amides is 1. The Kier molecular flexibility index (Phi) is 6.48. The molecule has 0 spiro atoms. The van der Waals surface area contributed by atoms with Gasteiger partial charge < -0.3 is 10.4 Å². The van der Waals surface area contributed by atoms with E-state index in [9.17, 15) is 19.7 Å². The number of non-ortho nitro benzene ring substituents is 1. The lowest BCUT2D eigenvalue weighted by Gasteiger charge is -2.08. The molecule has 3 rings (SSSR count). The number of benzene rings is 2. The lowest BCUT2D eigenvalue weighted by molar-refractivity contribution is -0.385. The molecule has 0 fully saturated rings. The summed E-state index contributed by atoms with van der Waals surface area (Å²) in [5.74, 6) is -1.51. The maximum absolute atomic E-state index is 12.3. The van der Waals surface area contributed by atoms with Gasteiger partial charge >= 0.3 is 5.97 Å². The van der Waals surface area contributed by atoms with Crippen molar-refractivity contribution < 1.29 is 19.6 Å². The zero-order valence-corrected chi connectivity index (χ0v) is 16.8. The molecule has 2 N–H and O–H groups in total. The number of hydrogen-bond acceptors (Lipinski definition) is 6. The van der Waals surface area contributed by atoms with Crippen molar-refractivity contribution in [1.29, 1.82) is 0 Å². The summed E-state index contributed by atoms with van der Waals surface area (Å²) in [7, 11) is 0. The number of aryl methyl sites for hydroxylation is 2. The van der Waals surface area contributed by atoms with Crippen LogP contribution < -0.4 is 5.32 Å². The van der Waals surface area contributed by atoms with E-state index in [-0.39, 0.29) is 30.3 Å². The molecule has 10 heteroatoms. The quantitative estimate of drug-likeness (QED) is 0.412. The van der Waals surface area contributed by atoms with Crippen molar-refractivity contribution in [2.45, 2.75) is 29.7 Å². The van der Waals surface area contributed by atoms with E-state index in [0.717, 1.165) is 10.5 Å². The first-order valence-electron chi connectivity index (χ1n) is 8.91. The molecule has 0 aliphatic rings. The number of nitrogens with one attached hydrogen (secondary N) is 1. The molecular formula is C20H18N4O5S. The van der Waals surface area contributed by atoms with Crippen molar-refractivity contribution in [1.82, 2.24) is 9.78 Å². The van der Waals surface area contributed by atoms with Crippen LogP contribution in [-0.4, -0.2) is 31.7 Å². The third kappa shape index (κ3) is 5.67. The van der Waals surface area contributed by atoms with Gasteiger partial charge in [-0.05, 0) is 31.2 Å². The molecule has 0 unspecified atom stereocenters. The molecule has 30 heavy (non-hydrogen) atoms. The van der Waals surface area contributed by atoms with Gasteiger partial charge in [-0.1, -0.05) is 29.5 Å². The van der Waals surface area contributed by atoms with E-state index in [1.54, 1.807) is 6.07 Å². The van der Waals surface area contributed by atoms with Gasteiger partial charge in [0.25, 0.3) is 5.69 Å². The highest BCUT2D eigenvalue weighted by molar-refractivity contribution is 7.99. The van der Waals surface area contributed by atoms with Crippen molar-refractivity contribution in [2.75, 3.05) is 5.32 Å². The van der Waals surface area contributed by atoms with Crippen LogP contribution in [0.4, 0.5) is 11.4 Å². The number of nitrogens with zero attached hydrogens (tertiary/aromatic N) is 3. The van der Waals surface area contributed by atoms with Gasteiger partial charge in [-0.15, -0.1) is 0 Å². The SMILES string of the molecule is Cc1ccc(Sc2cc(NC(=O)CCn3ccc(C(=O)O)n3)cc([N+](=O)[O-])c2)cc1. The molecule has 0 aliphatic carbocycles. The minimum absolute atomic E-state index is 0.0316. The summed E-state index contributed by atoms with van der Waals surface area (Å²) in [6.45, 7) is 2.15. The fourth-order valence-electron chi connectivity index (χ4n) is 2.60. The van der Waals surface area contributed by atoms with Crippen LogP contribution in [-0.2, 0) is 11.3 Å². The largest absolute Gasteiger partial charge is 0.476 e. The minimum Gasteiger partial charge on any atom is -0.476 e. The van der Waals surface area contributed by atoms with Crippen molar-refractivity contribution >= 4 is 35.0 Å². The molecule has 0 saturated carbocycles. The number of carboxylic acids is 1. The van der Waals surface area contributed by atoms with Gasteiger partial charge in [-0.2, -0.15) is 5.10 Å². The van der Waals surface area contributed by atoms with E-state index >= 15 is 0 Å². The molecule has 154 valence electrons. The van der Waals surface area contributed by atoms with E-state index in [0.29, 0.717) is 10.6 Å². The average molecular weight is 426 g/mol. The molecule has 0 radical (unpaired) electrons. The predicted octanol–water partition coefficient (Wildman–Crippen LogP) is 3.98. The standard InChI is InChI=1S/C20H18N4O5S/c1-13-2-4-16(5-3-13)30-17-11-14(10-15(12-17)24(28)29)21-19(25)7-9-23-8-6-18(22-23)20(26)27/h2-6,8,10-12H,7,9H2,1H3,(H,21,25)(H,26,27). The van der Waals surface area contributed by atoms with Crippen LogP contribution in [0.15, 0.2) is 64.5 Å². The molecule has 2 aromatic carbocycles. The van der Waals surface area contributed by atoms with Crippen molar-refractivity contribution in [3.8, 4) is 0 Å². The van der Waals surface area contributed by atoms with Gasteiger partial charge in [0, 0.05) is 46.8 Å². The summed E-state index contributed by atoms with van der Waals surface area (Å²) in [4.78, 5) is 35.4. The number of nitro benzene ring substituents is 1. The lowest BCUT2D eigenvalue weighted by Crippen LogP contribution is -2.15. The second-order valence-electron chi connectivity index (χ2n) is 6.46. The maximum Gasteiger partial charge on any atom is 0.356 e. The molecule has 0 bridgehead atoms. The summed E-state index contributed by atoms with van der Waals surface area (Å²) < 4.78 is 1.36. The smallest absolute Gasteiger partial charge is 0.356 e. The first kappa shape index (κ1) is 21.1. The second kappa shape index (κ2) is 9.23. The van der Waals surface area contributed by atoms with Crippen LogP contribution in [0.5, 0.6) is 0 Å². The second-order valence-corrected chi connectivity index (χ2v) is 7.60. The van der Waals surface area contributed by atoms with Gasteiger partial charge in [-0.25, -0.2) is 4.79 Å². The van der Waals surface area contributed by atoms with Crippen LogP contribution in [0.1, 0.15) is 22.5 Å². The summed E-state index contributed by atoms with van der Waals surface area (Å²) in [6, 6.07) is 13.5. The van der Waals surface area contributed by atoms with E-state index in [2.05, 4.69) is 10.4 Å². The number of anilines is 1. The molecule has 0 aliphatic heterocycles. The lowest BCUT2D eigenvalue weighted by atomic mass is 10.2. The van der Waals surface area contributed by atoms with Crippen molar-refractivity contribution in [3.63, 3.8) is 0 Å². The van der Waals surface area contributed by atoms with Gasteiger partial charge in [0.15, 0.2) is 5.69 Å². The topological polar surface area (TPSA) is 127 Å². The monoisotopic (exact) mass is 426 g/mol. The van der Waals surface area contributed by atoms with Crippen LogP contribution in [0.25, 0.3) is 0 Å². The van der Waals surface area contributed by atoms with E-state index < -0.39 is 10.9 Å². The Hall–Kier alpha value is -3.66. The Labute approximate surface area is 175 Å². The Morgan fingerprint density at radius 3 is 2.53 bits per heavy atom. The van der Waals surface area contributed by atoms with Crippen molar-refractivity contribution in [3.05, 3.63) is 76.1 Å². The highest BCUT2D eigenvalue weighted by Crippen LogP contribution is 2.33. The number of nitro groups is 1. The summed E-state index contributed by atoms with van der Waals surface area (Å²) in [5.41, 5.74) is 1.20. The number of aromatic carboxylic acids is 1. The Bertz CT molecular complexity index is 1090. The molecule has 9 nitrogen and oxygen atoms in total. The molecule has 0 atom stereocenters. The number of rotatable bonds is 8. The molecular weight excluding hydrogens is 408 g/mol. The van der Waals surface area contributed by atoms with E-state index in [1.807, 2.05) is 31.2 Å². The third-order valence-corrected chi connectivity index (χ3v) is 5.05. The number of carbonyl (C=O) groups is 2. The highest BCUT2D eigenvalue weighted by atomic mass is 32.2. The summed E-state index contributed by atoms with van der Waals surface area (Å²) in [6.07, 6.45) is 1.50. The first-order valence-corrected chi connectivity index (χ1v) is 9.72. The third-order valence-electron chi connectivity index (χ3n) is 4.07. The fourth-order valence-corrected chi connectivity index (χ4v) is 3.51. The van der Waals surface area contributed by atoms with Crippen LogP contribution in [0.2, 0.25) is 0 Å². The average Bonchev–Trinajstić information content (AvgIpc) is 3.17. The van der Waals surface area contributed by atoms with Gasteiger partial charge in [0.05, 0.1) is 4.92 Å². The Balaban J connectivity index is 1.69. The molecule has 1 amide bonds. The number of hydrogen-bond donors (Lipinski definition) is 2. The van der Waals surface area contributed by atoms with E-state index in [1.165, 1.54) is 40.8 Å². The molecule has 1 heterocycles. The molecule has 0 saturated heterocycles. The van der Waals surface area contributed by atoms with E-state index in [4.69, 9.17) is 5.11 Å². The number of carbonyl (C=O) groups excluding carboxylic acids is 1. The minimum atomic E-state index is -1.14. The van der Waals surface area contributed by atoms with Gasteiger partial charge in [0.2, 0.25) is 5.91 Å². The van der Waals surface area contributed by atoms with Crippen molar-refractivity contribution in [2.24, 2.45) is 0 Å². The van der Waals surface area contributed by atoms with Gasteiger partial charge in [0.1, 0.15) is 0 Å². The Morgan fingerprint density at radius 1 is 1.17 bits per heavy atom. The van der Waals surface area contributed by atoms with Gasteiger partial charge in [-0.3, -0.25) is 19.6 Å².